The Balaban J connectivity index is 1.89. The largest absolute Gasteiger partial charge is 0.493 e. The van der Waals surface area contributed by atoms with Gasteiger partial charge in [0.05, 0.1) is 19.2 Å². The molecule has 1 N–H and O–H groups in total. The van der Waals surface area contributed by atoms with Crippen molar-refractivity contribution in [3.05, 3.63) is 40.4 Å². The van der Waals surface area contributed by atoms with Gasteiger partial charge in [0, 0.05) is 12.6 Å². The van der Waals surface area contributed by atoms with Gasteiger partial charge in [0.1, 0.15) is 0 Å². The number of carbonyl (C=O) groups is 1. The van der Waals surface area contributed by atoms with E-state index in [-0.39, 0.29) is 5.91 Å². The van der Waals surface area contributed by atoms with Crippen molar-refractivity contribution in [1.29, 1.82) is 0 Å². The second-order valence-electron chi connectivity index (χ2n) is 5.72. The van der Waals surface area contributed by atoms with Crippen molar-refractivity contribution >= 4 is 23.6 Å². The summed E-state index contributed by atoms with van der Waals surface area (Å²) < 4.78 is 10.4. The van der Waals surface area contributed by atoms with E-state index in [4.69, 9.17) is 21.1 Å². The quantitative estimate of drug-likeness (QED) is 0.587. The zero-order valence-corrected chi connectivity index (χ0v) is 15.0. The molecule has 0 radical (unpaired) electrons. The van der Waals surface area contributed by atoms with E-state index < -0.39 is 0 Å². The minimum Gasteiger partial charge on any atom is -0.493 e. The molecule has 2 rings (SSSR count). The van der Waals surface area contributed by atoms with Crippen LogP contribution in [0.3, 0.4) is 0 Å². The molecule has 4 nitrogen and oxygen atoms in total. The number of nitrogens with one attached hydrogen (secondary N) is 1. The molecular weight excluding hydrogens is 326 g/mol. The van der Waals surface area contributed by atoms with Crippen molar-refractivity contribution in [3.8, 4) is 11.5 Å². The maximum atomic E-state index is 11.9. The Morgan fingerprint density at radius 1 is 1.29 bits per heavy atom. The number of ether oxygens (including phenoxy) is 2. The van der Waals surface area contributed by atoms with Crippen LogP contribution in [0.5, 0.6) is 11.5 Å². The lowest BCUT2D eigenvalue weighted by molar-refractivity contribution is -0.116. The second-order valence-corrected chi connectivity index (χ2v) is 6.13. The molecule has 0 bridgehead atoms. The molecule has 0 atom stereocenters. The SMILES string of the molecule is COc1cc(/C=C/C(=O)NCCC2=CCCCC2)cc(Cl)c1OC. The van der Waals surface area contributed by atoms with E-state index in [2.05, 4.69) is 11.4 Å². The fraction of sp³-hybridized carbons (Fsp3) is 0.421. The molecule has 0 saturated carbocycles. The lowest BCUT2D eigenvalue weighted by Crippen LogP contribution is -2.22. The van der Waals surface area contributed by atoms with Gasteiger partial charge in [0.25, 0.3) is 0 Å². The van der Waals surface area contributed by atoms with Crippen LogP contribution in [-0.2, 0) is 4.79 Å². The highest BCUT2D eigenvalue weighted by molar-refractivity contribution is 6.32. The lowest BCUT2D eigenvalue weighted by Gasteiger charge is -2.12. The predicted molar refractivity (Wildman–Crippen MR) is 97.8 cm³/mol. The number of rotatable bonds is 7. The summed E-state index contributed by atoms with van der Waals surface area (Å²) in [6.07, 6.45) is 11.3. The van der Waals surface area contributed by atoms with E-state index in [1.807, 2.05) is 0 Å². The number of allylic oxidation sites excluding steroid dienone is 1. The second kappa shape index (κ2) is 9.38. The zero-order chi connectivity index (χ0) is 17.4. The summed E-state index contributed by atoms with van der Waals surface area (Å²) in [7, 11) is 3.09. The van der Waals surface area contributed by atoms with Gasteiger partial charge in [-0.05, 0) is 55.9 Å². The van der Waals surface area contributed by atoms with Crippen molar-refractivity contribution in [3.63, 3.8) is 0 Å². The molecule has 130 valence electrons. The van der Waals surface area contributed by atoms with Gasteiger partial charge < -0.3 is 14.8 Å². The van der Waals surface area contributed by atoms with Gasteiger partial charge in [0.2, 0.25) is 5.91 Å². The Morgan fingerprint density at radius 2 is 2.12 bits per heavy atom. The van der Waals surface area contributed by atoms with Crippen LogP contribution in [0.4, 0.5) is 0 Å². The average Bonchev–Trinajstić information content (AvgIpc) is 2.60. The molecule has 24 heavy (non-hydrogen) atoms. The van der Waals surface area contributed by atoms with Crippen molar-refractivity contribution in [2.45, 2.75) is 32.1 Å². The van der Waals surface area contributed by atoms with Crippen molar-refractivity contribution in [2.75, 3.05) is 20.8 Å². The van der Waals surface area contributed by atoms with Crippen LogP contribution >= 0.6 is 11.6 Å². The first-order valence-electron chi connectivity index (χ1n) is 8.19. The molecule has 0 spiro atoms. The smallest absolute Gasteiger partial charge is 0.244 e. The molecule has 0 aliphatic heterocycles. The normalized spacial score (nSPS) is 14.4. The van der Waals surface area contributed by atoms with Crippen LogP contribution in [0.2, 0.25) is 5.02 Å². The van der Waals surface area contributed by atoms with Gasteiger partial charge in [-0.1, -0.05) is 23.3 Å². The number of carbonyl (C=O) groups excluding carboxylic acids is 1. The molecule has 1 amide bonds. The molecule has 1 aromatic rings. The van der Waals surface area contributed by atoms with Gasteiger partial charge in [-0.25, -0.2) is 0 Å². The third-order valence-electron chi connectivity index (χ3n) is 4.01. The molecule has 0 aromatic heterocycles. The van der Waals surface area contributed by atoms with E-state index in [1.165, 1.54) is 38.0 Å². The molecule has 1 aromatic carbocycles. The number of halogens is 1. The highest BCUT2D eigenvalue weighted by atomic mass is 35.5. The third-order valence-corrected chi connectivity index (χ3v) is 4.29. The van der Waals surface area contributed by atoms with E-state index >= 15 is 0 Å². The standard InChI is InChI=1S/C19H24ClNO3/c1-23-17-13-15(12-16(20)19(17)24-2)8-9-18(22)21-11-10-14-6-4-3-5-7-14/h6,8-9,12-13H,3-5,7,10-11H2,1-2H3,(H,21,22)/b9-8+. The van der Waals surface area contributed by atoms with Crippen molar-refractivity contribution in [1.82, 2.24) is 5.32 Å². The Labute approximate surface area is 148 Å². The first-order valence-corrected chi connectivity index (χ1v) is 8.57. The van der Waals surface area contributed by atoms with Crippen molar-refractivity contribution < 1.29 is 14.3 Å². The van der Waals surface area contributed by atoms with Crippen LogP contribution in [0, 0.1) is 0 Å². The Hall–Kier alpha value is -1.94. The average molecular weight is 350 g/mol. The number of hydrogen-bond donors (Lipinski definition) is 1. The van der Waals surface area contributed by atoms with Crippen molar-refractivity contribution in [2.24, 2.45) is 0 Å². The molecule has 0 fully saturated rings. The topological polar surface area (TPSA) is 47.6 Å². The summed E-state index contributed by atoms with van der Waals surface area (Å²) in [5, 5.41) is 3.36. The summed E-state index contributed by atoms with van der Waals surface area (Å²) in [5.74, 6) is 0.910. The first-order chi connectivity index (χ1) is 11.6. The molecule has 0 heterocycles. The monoisotopic (exact) mass is 349 g/mol. The first kappa shape index (κ1) is 18.4. The summed E-state index contributed by atoms with van der Waals surface area (Å²) >= 11 is 6.15. The fourth-order valence-corrected chi connectivity index (χ4v) is 3.04. The van der Waals surface area contributed by atoms with Gasteiger partial charge in [0.15, 0.2) is 11.5 Å². The van der Waals surface area contributed by atoms with Gasteiger partial charge in [-0.3, -0.25) is 4.79 Å². The number of benzene rings is 1. The van der Waals surface area contributed by atoms with Gasteiger partial charge in [-0.2, -0.15) is 0 Å². The summed E-state index contributed by atoms with van der Waals surface area (Å²) in [6.45, 7) is 0.668. The molecule has 0 saturated heterocycles. The molecule has 1 aliphatic carbocycles. The highest BCUT2D eigenvalue weighted by Gasteiger charge is 2.10. The molecule has 5 heteroatoms. The Kier molecular flexibility index (Phi) is 7.19. The van der Waals surface area contributed by atoms with Gasteiger partial charge >= 0.3 is 0 Å². The number of amides is 1. The Morgan fingerprint density at radius 3 is 2.79 bits per heavy atom. The van der Waals surface area contributed by atoms with Gasteiger partial charge in [-0.15, -0.1) is 0 Å². The molecule has 1 aliphatic rings. The van der Waals surface area contributed by atoms with Crippen LogP contribution < -0.4 is 14.8 Å². The van der Waals surface area contributed by atoms with E-state index in [0.717, 1.165) is 18.4 Å². The lowest BCUT2D eigenvalue weighted by atomic mass is 9.97. The maximum Gasteiger partial charge on any atom is 0.244 e. The number of methoxy groups -OCH3 is 2. The Bertz CT molecular complexity index is 638. The van der Waals surface area contributed by atoms with Crippen LogP contribution in [0.15, 0.2) is 29.9 Å². The summed E-state index contributed by atoms with van der Waals surface area (Å²) in [4.78, 5) is 11.9. The van der Waals surface area contributed by atoms with E-state index in [9.17, 15) is 4.79 Å². The highest BCUT2D eigenvalue weighted by Crippen LogP contribution is 2.36. The molecule has 0 unspecified atom stereocenters. The maximum absolute atomic E-state index is 11.9. The third kappa shape index (κ3) is 5.31. The van der Waals surface area contributed by atoms with E-state index in [0.29, 0.717) is 23.1 Å². The summed E-state index contributed by atoms with van der Waals surface area (Å²) in [5.41, 5.74) is 2.24. The van der Waals surface area contributed by atoms with Crippen LogP contribution in [-0.4, -0.2) is 26.7 Å². The summed E-state index contributed by atoms with van der Waals surface area (Å²) in [6, 6.07) is 3.51. The minimum atomic E-state index is -0.114. The van der Waals surface area contributed by atoms with Crippen LogP contribution in [0.25, 0.3) is 6.08 Å². The zero-order valence-electron chi connectivity index (χ0n) is 14.2. The predicted octanol–water partition coefficient (Wildman–Crippen LogP) is 4.38. The fourth-order valence-electron chi connectivity index (χ4n) is 2.74. The van der Waals surface area contributed by atoms with Crippen LogP contribution in [0.1, 0.15) is 37.7 Å². The molecular formula is C19H24ClNO3. The minimum absolute atomic E-state index is 0.114. The van der Waals surface area contributed by atoms with E-state index in [1.54, 1.807) is 25.3 Å². The number of hydrogen-bond acceptors (Lipinski definition) is 3.